The van der Waals surface area contributed by atoms with Crippen molar-refractivity contribution in [3.63, 3.8) is 0 Å². The second-order valence-electron chi connectivity index (χ2n) is 9.12. The van der Waals surface area contributed by atoms with Gasteiger partial charge in [-0.05, 0) is 49.8 Å². The quantitative estimate of drug-likeness (QED) is 0.398. The maximum absolute atomic E-state index is 13.9. The predicted octanol–water partition coefficient (Wildman–Crippen LogP) is 3.16. The number of pyridine rings is 1. The van der Waals surface area contributed by atoms with Crippen molar-refractivity contribution in [1.82, 2.24) is 29.8 Å². The molecule has 0 saturated carbocycles. The maximum Gasteiger partial charge on any atom is 0.255 e. The molecule has 4 heterocycles. The Labute approximate surface area is 220 Å². The first-order valence-corrected chi connectivity index (χ1v) is 13.9. The van der Waals surface area contributed by atoms with E-state index in [1.807, 2.05) is 17.0 Å². The molecule has 200 valence electrons. The van der Waals surface area contributed by atoms with Crippen molar-refractivity contribution in [2.75, 3.05) is 43.0 Å². The molecule has 1 amide bonds. The first-order chi connectivity index (χ1) is 18.1. The molecular formula is C26H30FN7O3S. The number of sulfone groups is 1. The molecule has 10 nitrogen and oxygen atoms in total. The molecular weight excluding hydrogens is 509 g/mol. The molecule has 3 aromatic heterocycles. The number of hydrogen-bond donors (Lipinski definition) is 2. The van der Waals surface area contributed by atoms with Gasteiger partial charge >= 0.3 is 0 Å². The molecule has 12 heteroatoms. The van der Waals surface area contributed by atoms with Crippen molar-refractivity contribution in [1.29, 1.82) is 0 Å². The van der Waals surface area contributed by atoms with Crippen LogP contribution < -0.4 is 10.6 Å². The van der Waals surface area contributed by atoms with E-state index in [0.29, 0.717) is 59.9 Å². The highest BCUT2D eigenvalue weighted by atomic mass is 32.2. The third-order valence-electron chi connectivity index (χ3n) is 6.06. The topological polar surface area (TPSA) is 122 Å². The van der Waals surface area contributed by atoms with E-state index in [4.69, 9.17) is 0 Å². The fourth-order valence-electron chi connectivity index (χ4n) is 3.79. The van der Waals surface area contributed by atoms with Crippen molar-refractivity contribution in [3.05, 3.63) is 78.3 Å². The third-order valence-corrected chi connectivity index (χ3v) is 7.67. The van der Waals surface area contributed by atoms with E-state index in [1.54, 1.807) is 36.8 Å². The van der Waals surface area contributed by atoms with Gasteiger partial charge in [0.15, 0.2) is 21.5 Å². The van der Waals surface area contributed by atoms with Gasteiger partial charge in [-0.15, -0.1) is 5.10 Å². The van der Waals surface area contributed by atoms with Gasteiger partial charge < -0.3 is 10.6 Å². The van der Waals surface area contributed by atoms with Crippen LogP contribution in [0, 0.1) is 0 Å². The fraction of sp³-hybridized carbons (Fsp3) is 0.308. The molecule has 4 rings (SSSR count). The molecule has 2 N–H and O–H groups in total. The molecule has 0 unspecified atom stereocenters. The summed E-state index contributed by atoms with van der Waals surface area (Å²) in [6, 6.07) is 5.31. The second kappa shape index (κ2) is 11.7. The summed E-state index contributed by atoms with van der Waals surface area (Å²) in [6.07, 6.45) is 7.62. The molecule has 0 bridgehead atoms. The van der Waals surface area contributed by atoms with Crippen LogP contribution in [-0.2, 0) is 9.84 Å². The molecule has 38 heavy (non-hydrogen) atoms. The molecule has 0 aromatic carbocycles. The first kappa shape index (κ1) is 27.1. The minimum Gasteiger partial charge on any atom is -0.351 e. The van der Waals surface area contributed by atoms with Crippen LogP contribution in [0.5, 0.6) is 0 Å². The first-order valence-electron chi connectivity index (χ1n) is 12.1. The minimum atomic E-state index is -2.95. The monoisotopic (exact) mass is 539 g/mol. The highest BCUT2D eigenvalue weighted by Gasteiger charge is 2.21. The zero-order valence-electron chi connectivity index (χ0n) is 21.3. The summed E-state index contributed by atoms with van der Waals surface area (Å²) in [7, 11) is -2.95. The van der Waals surface area contributed by atoms with Gasteiger partial charge in [-0.1, -0.05) is 6.58 Å². The molecule has 0 radical (unpaired) electrons. The van der Waals surface area contributed by atoms with E-state index in [9.17, 15) is 17.6 Å². The highest BCUT2D eigenvalue weighted by Crippen LogP contribution is 2.24. The SMILES string of the molecule is C=C(/C=C\C(F)=C(C)C)c1nc(Nc2ccncc2C(=O)NCCN2CCS(=O)(=O)CC2)c2cccn2n1. The zero-order chi connectivity index (χ0) is 27.3. The second-order valence-corrected chi connectivity index (χ2v) is 11.4. The molecule has 1 fully saturated rings. The van der Waals surface area contributed by atoms with Gasteiger partial charge in [0, 0.05) is 50.3 Å². The lowest BCUT2D eigenvalue weighted by Gasteiger charge is -2.26. The Kier molecular flexibility index (Phi) is 8.32. The number of fused-ring (bicyclic) bond motifs is 1. The van der Waals surface area contributed by atoms with Crippen LogP contribution in [0.1, 0.15) is 30.0 Å². The van der Waals surface area contributed by atoms with E-state index in [2.05, 4.69) is 32.3 Å². The van der Waals surface area contributed by atoms with Crippen molar-refractivity contribution < 1.29 is 17.6 Å². The van der Waals surface area contributed by atoms with Gasteiger partial charge in [-0.25, -0.2) is 22.3 Å². The summed E-state index contributed by atoms with van der Waals surface area (Å²) < 4.78 is 38.8. The number of hydrogen-bond acceptors (Lipinski definition) is 8. The highest BCUT2D eigenvalue weighted by molar-refractivity contribution is 7.91. The molecule has 0 spiro atoms. The average molecular weight is 540 g/mol. The van der Waals surface area contributed by atoms with Crippen molar-refractivity contribution in [2.24, 2.45) is 0 Å². The molecule has 0 atom stereocenters. The number of nitrogens with zero attached hydrogens (tertiary/aromatic N) is 5. The molecule has 0 aliphatic carbocycles. The van der Waals surface area contributed by atoms with E-state index < -0.39 is 9.84 Å². The molecule has 1 aliphatic heterocycles. The number of halogens is 1. The van der Waals surface area contributed by atoms with Crippen molar-refractivity contribution in [3.8, 4) is 0 Å². The van der Waals surface area contributed by atoms with E-state index in [1.165, 1.54) is 18.3 Å². The Hall–Kier alpha value is -3.90. The number of anilines is 2. The Bertz CT molecular complexity index is 1510. The Balaban J connectivity index is 1.50. The van der Waals surface area contributed by atoms with Crippen LogP contribution in [0.3, 0.4) is 0 Å². The van der Waals surface area contributed by atoms with Gasteiger partial charge in [0.05, 0.1) is 22.8 Å². The Morgan fingerprint density at radius 3 is 2.71 bits per heavy atom. The standard InChI is InChI=1S/C26H30FN7O3S/c1-18(2)21(27)7-6-19(3)24-31-25(23-5-4-11-34(23)32-24)30-22-8-9-28-17-20(22)26(35)29-10-12-33-13-15-38(36,37)16-14-33/h4-9,11,17H,3,10,12-16H2,1-2H3,(H,29,35)(H,28,30,31,32)/b7-6-. The summed E-state index contributed by atoms with van der Waals surface area (Å²) in [5, 5.41) is 10.5. The Morgan fingerprint density at radius 1 is 1.21 bits per heavy atom. The largest absolute Gasteiger partial charge is 0.351 e. The van der Waals surface area contributed by atoms with Crippen molar-refractivity contribution in [2.45, 2.75) is 13.8 Å². The van der Waals surface area contributed by atoms with Gasteiger partial charge in [-0.3, -0.25) is 14.7 Å². The number of aromatic nitrogens is 4. The van der Waals surface area contributed by atoms with Crippen LogP contribution in [0.15, 0.2) is 66.9 Å². The predicted molar refractivity (Wildman–Crippen MR) is 146 cm³/mol. The summed E-state index contributed by atoms with van der Waals surface area (Å²) in [5.41, 5.74) is 2.45. The van der Waals surface area contributed by atoms with Crippen LogP contribution in [-0.4, -0.2) is 76.5 Å². The van der Waals surface area contributed by atoms with E-state index >= 15 is 0 Å². The van der Waals surface area contributed by atoms with E-state index in [0.717, 1.165) is 0 Å². The van der Waals surface area contributed by atoms with E-state index in [-0.39, 0.29) is 29.1 Å². The summed E-state index contributed by atoms with van der Waals surface area (Å²) in [4.78, 5) is 23.7. The van der Waals surface area contributed by atoms with Gasteiger partial charge in [0.2, 0.25) is 0 Å². The Morgan fingerprint density at radius 2 is 1.97 bits per heavy atom. The number of amides is 1. The lowest BCUT2D eigenvalue weighted by molar-refractivity contribution is 0.0949. The number of rotatable bonds is 9. The van der Waals surface area contributed by atoms with Crippen LogP contribution in [0.25, 0.3) is 11.1 Å². The average Bonchev–Trinajstić information content (AvgIpc) is 3.37. The van der Waals surface area contributed by atoms with Crippen molar-refractivity contribution >= 4 is 38.3 Å². The number of nitrogens with one attached hydrogen (secondary N) is 2. The van der Waals surface area contributed by atoms with Gasteiger partial charge in [-0.2, -0.15) is 0 Å². The lowest BCUT2D eigenvalue weighted by Crippen LogP contribution is -2.43. The number of allylic oxidation sites excluding steroid dienone is 5. The summed E-state index contributed by atoms with van der Waals surface area (Å²) in [6.45, 7) is 9.15. The molecule has 3 aromatic rings. The third kappa shape index (κ3) is 6.69. The number of carbonyl (C=O) groups excluding carboxylic acids is 1. The van der Waals surface area contributed by atoms with Crippen LogP contribution >= 0.6 is 0 Å². The maximum atomic E-state index is 13.9. The molecule has 1 saturated heterocycles. The summed E-state index contributed by atoms with van der Waals surface area (Å²) in [5.74, 6) is 0.321. The lowest BCUT2D eigenvalue weighted by atomic mass is 10.2. The van der Waals surface area contributed by atoms with Crippen LogP contribution in [0.4, 0.5) is 15.9 Å². The van der Waals surface area contributed by atoms with Crippen LogP contribution in [0.2, 0.25) is 0 Å². The minimum absolute atomic E-state index is 0.138. The zero-order valence-corrected chi connectivity index (χ0v) is 22.1. The summed E-state index contributed by atoms with van der Waals surface area (Å²) >= 11 is 0. The fourth-order valence-corrected chi connectivity index (χ4v) is 5.06. The van der Waals surface area contributed by atoms with Gasteiger partial charge in [0.1, 0.15) is 11.3 Å². The smallest absolute Gasteiger partial charge is 0.255 e. The van der Waals surface area contributed by atoms with Gasteiger partial charge in [0.25, 0.3) is 5.91 Å². The molecule has 1 aliphatic rings. The number of carbonyl (C=O) groups is 1. The normalized spacial score (nSPS) is 15.4.